The van der Waals surface area contributed by atoms with Crippen molar-refractivity contribution in [1.82, 2.24) is 0 Å². The quantitative estimate of drug-likeness (QED) is 0.585. The van der Waals surface area contributed by atoms with Gasteiger partial charge in [0.25, 0.3) is 0 Å². The van der Waals surface area contributed by atoms with Crippen molar-refractivity contribution in [2.24, 2.45) is 11.7 Å². The van der Waals surface area contributed by atoms with Gasteiger partial charge in [0, 0.05) is 6.04 Å². The van der Waals surface area contributed by atoms with Crippen molar-refractivity contribution in [3.05, 3.63) is 0 Å². The van der Waals surface area contributed by atoms with Gasteiger partial charge in [-0.15, -0.1) is 0 Å². The molecular formula is C8H17NO3. The zero-order chi connectivity index (χ0) is 9.72. The summed E-state index contributed by atoms with van der Waals surface area (Å²) in [5.74, 6) is -0.580. The second-order valence-electron chi connectivity index (χ2n) is 3.02. The monoisotopic (exact) mass is 175 g/mol. The Morgan fingerprint density at radius 3 is 2.42 bits per heavy atom. The summed E-state index contributed by atoms with van der Waals surface area (Å²) in [6, 6.07) is -0.552. The number of carbonyl (C=O) groups excluding carboxylic acids is 1. The van der Waals surface area contributed by atoms with E-state index in [0.29, 0.717) is 0 Å². The molecule has 72 valence electrons. The minimum atomic E-state index is -1.20. The molecule has 0 aliphatic rings. The van der Waals surface area contributed by atoms with Crippen molar-refractivity contribution in [1.29, 1.82) is 0 Å². The third kappa shape index (κ3) is 3.19. The Morgan fingerprint density at radius 2 is 2.08 bits per heavy atom. The Kier molecular flexibility index (Phi) is 4.85. The lowest BCUT2D eigenvalue weighted by atomic mass is 10.00. The smallest absolute Gasteiger partial charge is 0.336 e. The predicted octanol–water partition coefficient (Wildman–Crippen LogP) is -0.106. The zero-order valence-electron chi connectivity index (χ0n) is 7.78. The molecule has 4 nitrogen and oxygen atoms in total. The molecule has 0 aromatic heterocycles. The average molecular weight is 175 g/mol. The van der Waals surface area contributed by atoms with Crippen molar-refractivity contribution in [3.63, 3.8) is 0 Å². The molecule has 0 bridgehead atoms. The zero-order valence-corrected chi connectivity index (χ0v) is 7.78. The Hall–Kier alpha value is -0.610. The van der Waals surface area contributed by atoms with Gasteiger partial charge in [-0.25, -0.2) is 4.79 Å². The van der Waals surface area contributed by atoms with Crippen LogP contribution in [-0.4, -0.2) is 29.8 Å². The van der Waals surface area contributed by atoms with Crippen molar-refractivity contribution < 1.29 is 14.6 Å². The number of ether oxygens (including phenoxy) is 1. The maximum Gasteiger partial charge on any atom is 0.336 e. The number of hydrogen-bond donors (Lipinski definition) is 2. The first-order valence-corrected chi connectivity index (χ1v) is 4.11. The first-order chi connectivity index (χ1) is 5.50. The minimum Gasteiger partial charge on any atom is -0.464 e. The SMILES string of the molecule is CCOC(=O)[C@@H](O)[C@@H](N)C(C)C. The normalized spacial score (nSPS) is 15.8. The largest absolute Gasteiger partial charge is 0.464 e. The van der Waals surface area contributed by atoms with Crippen LogP contribution in [0.2, 0.25) is 0 Å². The number of esters is 1. The van der Waals surface area contributed by atoms with E-state index in [0.717, 1.165) is 0 Å². The lowest BCUT2D eigenvalue weighted by Gasteiger charge is -2.20. The molecule has 0 aromatic carbocycles. The first-order valence-electron chi connectivity index (χ1n) is 4.11. The van der Waals surface area contributed by atoms with Crippen LogP contribution in [0.5, 0.6) is 0 Å². The molecule has 3 N–H and O–H groups in total. The number of aliphatic hydroxyl groups excluding tert-OH is 1. The van der Waals surface area contributed by atoms with Crippen LogP contribution in [0.25, 0.3) is 0 Å². The summed E-state index contributed by atoms with van der Waals surface area (Å²) in [5, 5.41) is 9.29. The highest BCUT2D eigenvalue weighted by molar-refractivity contribution is 5.75. The van der Waals surface area contributed by atoms with Crippen LogP contribution in [0.1, 0.15) is 20.8 Å². The lowest BCUT2D eigenvalue weighted by Crippen LogP contribution is -2.44. The number of aliphatic hydroxyl groups is 1. The Balaban J connectivity index is 4.00. The van der Waals surface area contributed by atoms with E-state index >= 15 is 0 Å². The molecule has 0 amide bonds. The number of hydrogen-bond acceptors (Lipinski definition) is 4. The van der Waals surface area contributed by atoms with Gasteiger partial charge in [-0.05, 0) is 12.8 Å². The Morgan fingerprint density at radius 1 is 1.58 bits per heavy atom. The number of rotatable bonds is 4. The highest BCUT2D eigenvalue weighted by Crippen LogP contribution is 2.04. The number of nitrogens with two attached hydrogens (primary N) is 1. The van der Waals surface area contributed by atoms with Crippen LogP contribution >= 0.6 is 0 Å². The topological polar surface area (TPSA) is 72.5 Å². The van der Waals surface area contributed by atoms with Crippen LogP contribution in [0.15, 0.2) is 0 Å². The third-order valence-electron chi connectivity index (χ3n) is 1.66. The van der Waals surface area contributed by atoms with Gasteiger partial charge in [0.15, 0.2) is 6.10 Å². The number of carbonyl (C=O) groups is 1. The average Bonchev–Trinajstić information content (AvgIpc) is 2.02. The van der Waals surface area contributed by atoms with E-state index in [1.807, 2.05) is 13.8 Å². The first kappa shape index (κ1) is 11.4. The molecule has 12 heavy (non-hydrogen) atoms. The summed E-state index contributed by atoms with van der Waals surface area (Å²) in [4.78, 5) is 10.9. The second kappa shape index (κ2) is 5.11. The van der Waals surface area contributed by atoms with Gasteiger partial charge in [-0.3, -0.25) is 0 Å². The van der Waals surface area contributed by atoms with Crippen molar-refractivity contribution >= 4 is 5.97 Å². The summed E-state index contributed by atoms with van der Waals surface area (Å²) in [7, 11) is 0. The molecule has 0 aliphatic carbocycles. The minimum absolute atomic E-state index is 0.0596. The van der Waals surface area contributed by atoms with E-state index in [2.05, 4.69) is 4.74 Å². The van der Waals surface area contributed by atoms with Crippen molar-refractivity contribution in [2.45, 2.75) is 32.9 Å². The van der Waals surface area contributed by atoms with Crippen molar-refractivity contribution in [3.8, 4) is 0 Å². The molecule has 0 aromatic rings. The van der Waals surface area contributed by atoms with Crippen LogP contribution in [0, 0.1) is 5.92 Å². The van der Waals surface area contributed by atoms with Crippen LogP contribution in [-0.2, 0) is 9.53 Å². The van der Waals surface area contributed by atoms with Crippen molar-refractivity contribution in [2.75, 3.05) is 6.61 Å². The van der Waals surface area contributed by atoms with E-state index < -0.39 is 18.1 Å². The molecule has 0 heterocycles. The van der Waals surface area contributed by atoms with Gasteiger partial charge in [0.05, 0.1) is 6.61 Å². The highest BCUT2D eigenvalue weighted by Gasteiger charge is 2.26. The summed E-state index contributed by atoms with van der Waals surface area (Å²) in [6.07, 6.45) is -1.20. The molecule has 0 unspecified atom stereocenters. The maximum absolute atomic E-state index is 10.9. The fourth-order valence-corrected chi connectivity index (χ4v) is 0.749. The van der Waals surface area contributed by atoms with E-state index in [1.165, 1.54) is 0 Å². The fourth-order valence-electron chi connectivity index (χ4n) is 0.749. The molecule has 0 saturated heterocycles. The molecule has 4 heteroatoms. The van der Waals surface area contributed by atoms with Gasteiger partial charge in [0.1, 0.15) is 0 Å². The van der Waals surface area contributed by atoms with Crippen LogP contribution < -0.4 is 5.73 Å². The van der Waals surface area contributed by atoms with Gasteiger partial charge in [-0.2, -0.15) is 0 Å². The molecule has 0 saturated carbocycles. The molecule has 0 rings (SSSR count). The van der Waals surface area contributed by atoms with Gasteiger partial charge >= 0.3 is 5.97 Å². The Bertz CT molecular complexity index is 147. The highest BCUT2D eigenvalue weighted by atomic mass is 16.5. The van der Waals surface area contributed by atoms with Crippen LogP contribution in [0.4, 0.5) is 0 Å². The third-order valence-corrected chi connectivity index (χ3v) is 1.66. The fraction of sp³-hybridized carbons (Fsp3) is 0.875. The van der Waals surface area contributed by atoms with Crippen LogP contribution in [0.3, 0.4) is 0 Å². The van der Waals surface area contributed by atoms with Gasteiger partial charge in [-0.1, -0.05) is 13.8 Å². The van der Waals surface area contributed by atoms with E-state index in [4.69, 9.17) is 5.73 Å². The molecule has 2 atom stereocenters. The molecule has 0 spiro atoms. The molecule has 0 radical (unpaired) electrons. The summed E-state index contributed by atoms with van der Waals surface area (Å²) in [5.41, 5.74) is 5.54. The second-order valence-corrected chi connectivity index (χ2v) is 3.02. The summed E-state index contributed by atoms with van der Waals surface area (Å²) >= 11 is 0. The van der Waals surface area contributed by atoms with Gasteiger partial charge in [0.2, 0.25) is 0 Å². The van der Waals surface area contributed by atoms with Gasteiger partial charge < -0.3 is 15.6 Å². The summed E-state index contributed by atoms with van der Waals surface area (Å²) in [6.45, 7) is 5.63. The predicted molar refractivity (Wildman–Crippen MR) is 45.5 cm³/mol. The van der Waals surface area contributed by atoms with E-state index in [-0.39, 0.29) is 12.5 Å². The maximum atomic E-state index is 10.9. The van der Waals surface area contributed by atoms with E-state index in [1.54, 1.807) is 6.92 Å². The standard InChI is InChI=1S/C8H17NO3/c1-4-12-8(11)7(10)6(9)5(2)3/h5-7,10H,4,9H2,1-3H3/t6-,7-/m0/s1. The van der Waals surface area contributed by atoms with E-state index in [9.17, 15) is 9.90 Å². The Labute approximate surface area is 72.7 Å². The molecular weight excluding hydrogens is 158 g/mol. The molecule has 0 aliphatic heterocycles. The lowest BCUT2D eigenvalue weighted by molar-refractivity contribution is -0.154. The summed E-state index contributed by atoms with van der Waals surface area (Å²) < 4.78 is 4.61. The molecule has 0 fully saturated rings.